The Hall–Kier alpha value is -2.76. The number of amides is 1. The molecule has 22 heavy (non-hydrogen) atoms. The highest BCUT2D eigenvalue weighted by Crippen LogP contribution is 2.20. The number of pyridine rings is 1. The highest BCUT2D eigenvalue weighted by molar-refractivity contribution is 6.07. The molecule has 5 nitrogen and oxygen atoms in total. The van der Waals surface area contributed by atoms with Crippen LogP contribution < -0.4 is 5.32 Å². The number of benzene rings is 1. The molecule has 0 spiro atoms. The van der Waals surface area contributed by atoms with Gasteiger partial charge in [0.25, 0.3) is 5.91 Å². The van der Waals surface area contributed by atoms with Gasteiger partial charge in [0.15, 0.2) is 5.65 Å². The third kappa shape index (κ3) is 2.43. The lowest BCUT2D eigenvalue weighted by atomic mass is 10.1. The van der Waals surface area contributed by atoms with Crippen molar-refractivity contribution in [2.24, 2.45) is 0 Å². The number of nitrogens with one attached hydrogen (secondary N) is 1. The van der Waals surface area contributed by atoms with Crippen molar-refractivity contribution in [2.75, 3.05) is 5.32 Å². The van der Waals surface area contributed by atoms with E-state index in [1.165, 1.54) is 24.3 Å². The first-order chi connectivity index (χ1) is 10.6. The van der Waals surface area contributed by atoms with Crippen molar-refractivity contribution in [3.8, 4) is 0 Å². The summed E-state index contributed by atoms with van der Waals surface area (Å²) in [5.41, 5.74) is 2.60. The number of anilines is 1. The van der Waals surface area contributed by atoms with E-state index in [4.69, 9.17) is 0 Å². The van der Waals surface area contributed by atoms with Crippen molar-refractivity contribution >= 4 is 22.6 Å². The zero-order valence-corrected chi connectivity index (χ0v) is 12.3. The summed E-state index contributed by atoms with van der Waals surface area (Å²) in [5.74, 6) is -0.619. The molecule has 1 aromatic carbocycles. The maximum atomic E-state index is 12.9. The molecule has 0 saturated carbocycles. The Morgan fingerprint density at radius 3 is 2.68 bits per heavy atom. The molecular formula is C16H15FN4O. The number of hydrogen-bond donors (Lipinski definition) is 1. The van der Waals surface area contributed by atoms with E-state index < -0.39 is 0 Å². The van der Waals surface area contributed by atoms with E-state index in [2.05, 4.69) is 15.4 Å². The Bertz CT molecular complexity index is 839. The summed E-state index contributed by atoms with van der Waals surface area (Å²) in [5, 5.41) is 7.84. The normalized spacial score (nSPS) is 10.9. The first kappa shape index (κ1) is 14.2. The average molecular weight is 298 g/mol. The standard InChI is InChI=1S/C16H15FN4O/c1-3-21-15-13(9-19-21)10(2)14(8-18-15)16(22)20-12-6-4-11(17)5-7-12/h4-9H,3H2,1-2H3,(H,20,22). The second-order valence-corrected chi connectivity index (χ2v) is 4.96. The van der Waals surface area contributed by atoms with Gasteiger partial charge in [-0.2, -0.15) is 5.10 Å². The number of nitrogens with zero attached hydrogens (tertiary/aromatic N) is 3. The lowest BCUT2D eigenvalue weighted by molar-refractivity contribution is 0.102. The van der Waals surface area contributed by atoms with Gasteiger partial charge in [-0.15, -0.1) is 0 Å². The van der Waals surface area contributed by atoms with Gasteiger partial charge in [0.05, 0.1) is 11.8 Å². The SMILES string of the molecule is CCn1ncc2c(C)c(C(=O)Nc3ccc(F)cc3)cnc21. The molecule has 0 aliphatic heterocycles. The lowest BCUT2D eigenvalue weighted by Crippen LogP contribution is -2.14. The van der Waals surface area contributed by atoms with Crippen LogP contribution in [0.3, 0.4) is 0 Å². The average Bonchev–Trinajstić information content (AvgIpc) is 2.94. The maximum Gasteiger partial charge on any atom is 0.257 e. The summed E-state index contributed by atoms with van der Waals surface area (Å²) >= 11 is 0. The topological polar surface area (TPSA) is 59.8 Å². The summed E-state index contributed by atoms with van der Waals surface area (Å²) in [6.45, 7) is 4.57. The van der Waals surface area contributed by atoms with Crippen molar-refractivity contribution in [3.63, 3.8) is 0 Å². The van der Waals surface area contributed by atoms with Gasteiger partial charge >= 0.3 is 0 Å². The van der Waals surface area contributed by atoms with Crippen molar-refractivity contribution < 1.29 is 9.18 Å². The summed E-state index contributed by atoms with van der Waals surface area (Å²) < 4.78 is 14.7. The second-order valence-electron chi connectivity index (χ2n) is 4.96. The summed E-state index contributed by atoms with van der Waals surface area (Å²) in [6.07, 6.45) is 3.26. The summed E-state index contributed by atoms with van der Waals surface area (Å²) in [6, 6.07) is 5.64. The first-order valence-corrected chi connectivity index (χ1v) is 6.98. The van der Waals surface area contributed by atoms with Crippen LogP contribution >= 0.6 is 0 Å². The van der Waals surface area contributed by atoms with Gasteiger partial charge in [-0.3, -0.25) is 4.79 Å². The molecule has 2 heterocycles. The van der Waals surface area contributed by atoms with Gasteiger partial charge in [-0.1, -0.05) is 0 Å². The number of hydrogen-bond acceptors (Lipinski definition) is 3. The van der Waals surface area contributed by atoms with E-state index in [1.807, 2.05) is 13.8 Å². The van der Waals surface area contributed by atoms with Crippen molar-refractivity contribution in [3.05, 3.63) is 53.6 Å². The molecule has 0 radical (unpaired) electrons. The minimum atomic E-state index is -0.343. The second kappa shape index (κ2) is 5.55. The van der Waals surface area contributed by atoms with Gasteiger partial charge in [-0.05, 0) is 43.7 Å². The lowest BCUT2D eigenvalue weighted by Gasteiger charge is -2.08. The third-order valence-electron chi connectivity index (χ3n) is 3.58. The molecule has 0 fully saturated rings. The molecule has 6 heteroatoms. The third-order valence-corrected chi connectivity index (χ3v) is 3.58. The largest absolute Gasteiger partial charge is 0.322 e. The highest BCUT2D eigenvalue weighted by Gasteiger charge is 2.15. The molecule has 0 aliphatic rings. The van der Waals surface area contributed by atoms with Crippen LogP contribution in [0.1, 0.15) is 22.8 Å². The molecule has 0 bridgehead atoms. The molecule has 0 atom stereocenters. The van der Waals surface area contributed by atoms with Gasteiger partial charge in [0.1, 0.15) is 5.82 Å². The van der Waals surface area contributed by atoms with E-state index in [-0.39, 0.29) is 11.7 Å². The van der Waals surface area contributed by atoms with Crippen LogP contribution in [0.4, 0.5) is 10.1 Å². The number of aryl methyl sites for hydroxylation is 2. The summed E-state index contributed by atoms with van der Waals surface area (Å²) in [4.78, 5) is 16.7. The first-order valence-electron chi connectivity index (χ1n) is 6.98. The number of fused-ring (bicyclic) bond motifs is 1. The number of carbonyl (C=O) groups excluding carboxylic acids is 1. The fraction of sp³-hybridized carbons (Fsp3) is 0.188. The fourth-order valence-corrected chi connectivity index (χ4v) is 2.34. The van der Waals surface area contributed by atoms with Crippen molar-refractivity contribution in [1.29, 1.82) is 0 Å². The molecule has 2 aromatic heterocycles. The van der Waals surface area contributed by atoms with Gasteiger partial charge in [0, 0.05) is 23.8 Å². The fourth-order valence-electron chi connectivity index (χ4n) is 2.34. The monoisotopic (exact) mass is 298 g/mol. The highest BCUT2D eigenvalue weighted by atomic mass is 19.1. The smallest absolute Gasteiger partial charge is 0.257 e. The number of carbonyl (C=O) groups is 1. The van der Waals surface area contributed by atoms with E-state index in [0.717, 1.165) is 23.1 Å². The predicted octanol–water partition coefficient (Wildman–Crippen LogP) is 3.15. The molecule has 0 unspecified atom stereocenters. The minimum absolute atomic E-state index is 0.275. The Labute approximate surface area is 126 Å². The quantitative estimate of drug-likeness (QED) is 0.808. The Morgan fingerprint density at radius 1 is 1.27 bits per heavy atom. The zero-order chi connectivity index (χ0) is 15.7. The number of aromatic nitrogens is 3. The van der Waals surface area contributed by atoms with E-state index in [0.29, 0.717) is 11.3 Å². The van der Waals surface area contributed by atoms with Crippen molar-refractivity contribution in [1.82, 2.24) is 14.8 Å². The van der Waals surface area contributed by atoms with Crippen LogP contribution in [0.2, 0.25) is 0 Å². The molecule has 3 aromatic rings. The molecule has 1 amide bonds. The molecular weight excluding hydrogens is 283 g/mol. The van der Waals surface area contributed by atoms with Gasteiger partial charge < -0.3 is 5.32 Å². The number of halogens is 1. The Morgan fingerprint density at radius 2 is 2.00 bits per heavy atom. The van der Waals surface area contributed by atoms with Crippen LogP contribution in [0.15, 0.2) is 36.7 Å². The van der Waals surface area contributed by atoms with Gasteiger partial charge in [-0.25, -0.2) is 14.1 Å². The predicted molar refractivity (Wildman–Crippen MR) is 82.3 cm³/mol. The van der Waals surface area contributed by atoms with Crippen LogP contribution in [0.25, 0.3) is 11.0 Å². The molecule has 1 N–H and O–H groups in total. The van der Waals surface area contributed by atoms with E-state index in [9.17, 15) is 9.18 Å². The zero-order valence-electron chi connectivity index (χ0n) is 12.3. The maximum absolute atomic E-state index is 12.9. The van der Waals surface area contributed by atoms with Crippen LogP contribution in [0.5, 0.6) is 0 Å². The van der Waals surface area contributed by atoms with Crippen LogP contribution in [0, 0.1) is 12.7 Å². The van der Waals surface area contributed by atoms with Crippen LogP contribution in [-0.2, 0) is 6.54 Å². The molecule has 0 saturated heterocycles. The van der Waals surface area contributed by atoms with E-state index >= 15 is 0 Å². The van der Waals surface area contributed by atoms with Crippen molar-refractivity contribution in [2.45, 2.75) is 20.4 Å². The van der Waals surface area contributed by atoms with Gasteiger partial charge in [0.2, 0.25) is 0 Å². The van der Waals surface area contributed by atoms with E-state index in [1.54, 1.807) is 17.1 Å². The Balaban J connectivity index is 1.94. The molecule has 0 aliphatic carbocycles. The summed E-state index contributed by atoms with van der Waals surface area (Å²) in [7, 11) is 0. The minimum Gasteiger partial charge on any atom is -0.322 e. The Kier molecular flexibility index (Phi) is 3.58. The molecule has 112 valence electrons. The van der Waals surface area contributed by atoms with Crippen LogP contribution in [-0.4, -0.2) is 20.7 Å². The number of rotatable bonds is 3. The molecule has 3 rings (SSSR count).